The summed E-state index contributed by atoms with van der Waals surface area (Å²) in [6, 6.07) is 7.24. The fourth-order valence-electron chi connectivity index (χ4n) is 2.99. The number of nitrogens with zero attached hydrogens (tertiary/aromatic N) is 2. The van der Waals surface area contributed by atoms with Gasteiger partial charge in [0.05, 0.1) is 22.3 Å². The van der Waals surface area contributed by atoms with Gasteiger partial charge in [0.25, 0.3) is 11.1 Å². The molecule has 0 atom stereocenters. The first-order valence-electron chi connectivity index (χ1n) is 7.93. The molecule has 0 bridgehead atoms. The minimum absolute atomic E-state index is 0.0397. The van der Waals surface area contributed by atoms with Crippen LogP contribution in [0.1, 0.15) is 29.9 Å². The summed E-state index contributed by atoms with van der Waals surface area (Å²) >= 11 is 1.38. The van der Waals surface area contributed by atoms with E-state index in [2.05, 4.69) is 19.9 Å². The Labute approximate surface area is 141 Å². The van der Waals surface area contributed by atoms with Gasteiger partial charge in [-0.1, -0.05) is 23.9 Å². The van der Waals surface area contributed by atoms with Gasteiger partial charge >= 0.3 is 0 Å². The van der Waals surface area contributed by atoms with Gasteiger partial charge in [-0.3, -0.25) is 9.59 Å². The molecule has 1 aromatic carbocycles. The normalized spacial score (nSPS) is 13.8. The number of aromatic nitrogens is 4. The zero-order valence-electron chi connectivity index (χ0n) is 13.0. The molecule has 7 heteroatoms. The quantitative estimate of drug-likeness (QED) is 0.563. The third kappa shape index (κ3) is 2.87. The largest absolute Gasteiger partial charge is 0.309 e. The molecule has 6 nitrogen and oxygen atoms in total. The maximum atomic E-state index is 12.1. The molecule has 0 spiro atoms. The Bertz CT molecular complexity index is 1030. The lowest BCUT2D eigenvalue weighted by atomic mass is 9.97. The van der Waals surface area contributed by atoms with E-state index in [-0.39, 0.29) is 11.1 Å². The molecule has 0 saturated carbocycles. The van der Waals surface area contributed by atoms with Crippen molar-refractivity contribution in [2.24, 2.45) is 0 Å². The summed E-state index contributed by atoms with van der Waals surface area (Å²) in [5.41, 5.74) is 2.21. The maximum Gasteiger partial charge on any atom is 0.258 e. The van der Waals surface area contributed by atoms with E-state index in [4.69, 9.17) is 0 Å². The molecule has 0 unspecified atom stereocenters. The number of fused-ring (bicyclic) bond motifs is 2. The first-order valence-corrected chi connectivity index (χ1v) is 8.92. The zero-order valence-corrected chi connectivity index (χ0v) is 13.8. The predicted octanol–water partition coefficient (Wildman–Crippen LogP) is 2.18. The van der Waals surface area contributed by atoms with Crippen molar-refractivity contribution in [3.8, 4) is 0 Å². The highest BCUT2D eigenvalue weighted by Gasteiger charge is 2.16. The highest BCUT2D eigenvalue weighted by atomic mass is 32.2. The van der Waals surface area contributed by atoms with Crippen LogP contribution >= 0.6 is 11.8 Å². The summed E-state index contributed by atoms with van der Waals surface area (Å²) in [4.78, 5) is 38.9. The molecule has 4 rings (SSSR count). The summed E-state index contributed by atoms with van der Waals surface area (Å²) in [7, 11) is 0. The fourth-order valence-corrected chi connectivity index (χ4v) is 3.74. The van der Waals surface area contributed by atoms with Gasteiger partial charge in [0, 0.05) is 5.56 Å². The summed E-state index contributed by atoms with van der Waals surface area (Å²) in [6.45, 7) is 0. The van der Waals surface area contributed by atoms with Crippen molar-refractivity contribution in [3.63, 3.8) is 0 Å². The van der Waals surface area contributed by atoms with Crippen LogP contribution in [0.4, 0.5) is 0 Å². The monoisotopic (exact) mass is 340 g/mol. The molecule has 122 valence electrons. The molecule has 24 heavy (non-hydrogen) atoms. The molecule has 2 aromatic heterocycles. The number of rotatable bonds is 3. The Morgan fingerprint density at radius 2 is 1.83 bits per heavy atom. The topological polar surface area (TPSA) is 91.5 Å². The molecule has 1 aliphatic carbocycles. The Hall–Kier alpha value is -2.41. The second-order valence-electron chi connectivity index (χ2n) is 5.82. The molecular weight excluding hydrogens is 324 g/mol. The van der Waals surface area contributed by atoms with Gasteiger partial charge in [-0.25, -0.2) is 9.97 Å². The molecule has 2 heterocycles. The van der Waals surface area contributed by atoms with Crippen molar-refractivity contribution < 1.29 is 0 Å². The number of aryl methyl sites for hydroxylation is 1. The second kappa shape index (κ2) is 6.24. The van der Waals surface area contributed by atoms with Gasteiger partial charge in [0.15, 0.2) is 5.16 Å². The van der Waals surface area contributed by atoms with Crippen LogP contribution in [0.2, 0.25) is 0 Å². The van der Waals surface area contributed by atoms with Crippen molar-refractivity contribution >= 4 is 22.7 Å². The van der Waals surface area contributed by atoms with Crippen LogP contribution in [0.3, 0.4) is 0 Å². The molecule has 2 N–H and O–H groups in total. The van der Waals surface area contributed by atoms with Gasteiger partial charge in [0.2, 0.25) is 0 Å². The molecule has 3 aromatic rings. The maximum absolute atomic E-state index is 12.1. The van der Waals surface area contributed by atoms with Gasteiger partial charge < -0.3 is 9.97 Å². The number of thioether (sulfide) groups is 1. The third-order valence-corrected chi connectivity index (χ3v) is 5.06. The SMILES string of the molecule is O=c1[nH]c(SCc2nc3ccccc3c(=O)[nH]2)nc2c1CCCC2. The number of hydrogen-bond donors (Lipinski definition) is 2. The van der Waals surface area contributed by atoms with Gasteiger partial charge in [-0.15, -0.1) is 0 Å². The van der Waals surface area contributed by atoms with Crippen molar-refractivity contribution in [1.82, 2.24) is 19.9 Å². The van der Waals surface area contributed by atoms with E-state index < -0.39 is 0 Å². The van der Waals surface area contributed by atoms with Crippen LogP contribution in [0.5, 0.6) is 0 Å². The van der Waals surface area contributed by atoms with E-state index in [1.54, 1.807) is 6.07 Å². The van der Waals surface area contributed by atoms with E-state index in [1.165, 1.54) is 11.8 Å². The number of hydrogen-bond acceptors (Lipinski definition) is 5. The second-order valence-corrected chi connectivity index (χ2v) is 6.79. The summed E-state index contributed by atoms with van der Waals surface area (Å²) in [6.07, 6.45) is 3.79. The van der Waals surface area contributed by atoms with E-state index in [0.717, 1.165) is 36.9 Å². The highest BCUT2D eigenvalue weighted by Crippen LogP contribution is 2.21. The molecule has 0 radical (unpaired) electrons. The van der Waals surface area contributed by atoms with Crippen LogP contribution in [0, 0.1) is 0 Å². The number of para-hydroxylation sites is 1. The van der Waals surface area contributed by atoms with E-state index in [0.29, 0.717) is 27.6 Å². The Morgan fingerprint density at radius 3 is 2.75 bits per heavy atom. The first-order chi connectivity index (χ1) is 11.7. The number of aromatic amines is 2. The van der Waals surface area contributed by atoms with Gasteiger partial charge in [-0.05, 0) is 37.8 Å². The third-order valence-electron chi connectivity index (χ3n) is 4.18. The molecule has 1 aliphatic rings. The van der Waals surface area contributed by atoms with Crippen LogP contribution in [0.25, 0.3) is 10.9 Å². The lowest BCUT2D eigenvalue weighted by molar-refractivity contribution is 0.641. The summed E-state index contributed by atoms with van der Waals surface area (Å²) in [5.74, 6) is 1.02. The van der Waals surface area contributed by atoms with Crippen molar-refractivity contribution in [2.75, 3.05) is 0 Å². The predicted molar refractivity (Wildman–Crippen MR) is 93.4 cm³/mol. The highest BCUT2D eigenvalue weighted by molar-refractivity contribution is 7.98. The molecule has 0 amide bonds. The van der Waals surface area contributed by atoms with E-state index >= 15 is 0 Å². The van der Waals surface area contributed by atoms with E-state index in [1.807, 2.05) is 18.2 Å². The number of benzene rings is 1. The minimum Gasteiger partial charge on any atom is -0.309 e. The van der Waals surface area contributed by atoms with Crippen LogP contribution in [-0.2, 0) is 18.6 Å². The molecular formula is C17H16N4O2S. The zero-order chi connectivity index (χ0) is 16.5. The summed E-state index contributed by atoms with van der Waals surface area (Å²) in [5, 5.41) is 1.16. The molecule has 0 fully saturated rings. The summed E-state index contributed by atoms with van der Waals surface area (Å²) < 4.78 is 0. The molecule has 0 saturated heterocycles. The van der Waals surface area contributed by atoms with E-state index in [9.17, 15) is 9.59 Å². The average molecular weight is 340 g/mol. The number of nitrogens with one attached hydrogen (secondary N) is 2. The first kappa shape index (κ1) is 15.1. The van der Waals surface area contributed by atoms with Gasteiger partial charge in [-0.2, -0.15) is 0 Å². The lowest BCUT2D eigenvalue weighted by Gasteiger charge is -2.14. The Balaban J connectivity index is 1.60. The minimum atomic E-state index is -0.150. The van der Waals surface area contributed by atoms with Crippen molar-refractivity contribution in [1.29, 1.82) is 0 Å². The van der Waals surface area contributed by atoms with Crippen molar-refractivity contribution in [3.05, 3.63) is 62.1 Å². The van der Waals surface area contributed by atoms with Crippen LogP contribution < -0.4 is 11.1 Å². The molecule has 0 aliphatic heterocycles. The lowest BCUT2D eigenvalue weighted by Crippen LogP contribution is -2.21. The standard InChI is InChI=1S/C17H16N4O2S/c22-15-10-5-1-3-7-12(10)18-14(20-15)9-24-17-19-13-8-4-2-6-11(13)16(23)21-17/h1,3,5,7H,2,4,6,8-9H2,(H,18,20,22)(H,19,21,23). The average Bonchev–Trinajstić information content (AvgIpc) is 2.60. The van der Waals surface area contributed by atoms with Gasteiger partial charge in [0.1, 0.15) is 5.82 Å². The Morgan fingerprint density at radius 1 is 1.00 bits per heavy atom. The van der Waals surface area contributed by atoms with Crippen molar-refractivity contribution in [2.45, 2.75) is 36.6 Å². The Kier molecular flexibility index (Phi) is 3.93. The number of H-pyrrole nitrogens is 2. The fraction of sp³-hybridized carbons (Fsp3) is 0.294. The van der Waals surface area contributed by atoms with Crippen LogP contribution in [-0.4, -0.2) is 19.9 Å². The smallest absolute Gasteiger partial charge is 0.258 e. The van der Waals surface area contributed by atoms with Crippen LogP contribution in [0.15, 0.2) is 39.0 Å².